The van der Waals surface area contributed by atoms with Crippen molar-refractivity contribution in [2.75, 3.05) is 11.5 Å². The molecule has 2 aromatic carbocycles. The van der Waals surface area contributed by atoms with Gasteiger partial charge in [-0.25, -0.2) is 38.1 Å². The lowest BCUT2D eigenvalue weighted by molar-refractivity contribution is 0.0936. The van der Waals surface area contributed by atoms with Crippen LogP contribution in [-0.2, 0) is 13.1 Å². The number of alkyl halides is 2. The number of anilines is 2. The molecule has 2 amide bonds. The number of carbonyl (C=O) groups is 3. The summed E-state index contributed by atoms with van der Waals surface area (Å²) >= 11 is 0. The van der Waals surface area contributed by atoms with Crippen LogP contribution in [0, 0.1) is 13.8 Å². The highest BCUT2D eigenvalue weighted by molar-refractivity contribution is 5.98. The zero-order chi connectivity index (χ0) is 41.6. The van der Waals surface area contributed by atoms with E-state index >= 15 is 0 Å². The normalized spacial score (nSPS) is 11.0. The number of nitrogens with one attached hydrogen (secondary N) is 2. The van der Waals surface area contributed by atoms with Crippen molar-refractivity contribution in [3.63, 3.8) is 0 Å². The lowest BCUT2D eigenvalue weighted by Gasteiger charge is -2.12. The van der Waals surface area contributed by atoms with Crippen LogP contribution in [0.4, 0.5) is 20.4 Å². The van der Waals surface area contributed by atoms with Gasteiger partial charge in [0.15, 0.2) is 46.6 Å². The van der Waals surface area contributed by atoms with Crippen LogP contribution in [0.2, 0.25) is 0 Å². The van der Waals surface area contributed by atoms with E-state index in [2.05, 4.69) is 50.7 Å². The van der Waals surface area contributed by atoms with E-state index in [1.807, 2.05) is 67.6 Å². The largest absolute Gasteiger partial charge is 0.382 e. The maximum atomic E-state index is 13.6. The summed E-state index contributed by atoms with van der Waals surface area (Å²) in [6.45, 7) is 3.96. The first kappa shape index (κ1) is 39.2. The number of carbonyl (C=O) groups excluding carboxylic acids is 3. The number of fused-ring (bicyclic) bond motifs is 2. The molecule has 296 valence electrons. The van der Waals surface area contributed by atoms with Crippen molar-refractivity contribution in [2.45, 2.75) is 33.4 Å². The van der Waals surface area contributed by atoms with Crippen molar-refractivity contribution in [1.29, 1.82) is 0 Å². The monoisotopic (exact) mass is 796 g/mol. The quantitative estimate of drug-likeness (QED) is 0.136. The molecule has 0 radical (unpaired) electrons. The minimum Gasteiger partial charge on any atom is -0.382 e. The second kappa shape index (κ2) is 17.0. The van der Waals surface area contributed by atoms with E-state index in [4.69, 9.17) is 11.5 Å². The Morgan fingerprint density at radius 2 is 1.17 bits per heavy atom. The zero-order valence-electron chi connectivity index (χ0n) is 31.4. The van der Waals surface area contributed by atoms with Gasteiger partial charge in [-0.05, 0) is 48.2 Å². The van der Waals surface area contributed by atoms with E-state index in [1.165, 1.54) is 17.1 Å². The van der Waals surface area contributed by atoms with Gasteiger partial charge in [-0.3, -0.25) is 24.4 Å². The number of nitrogen functional groups attached to an aromatic ring is 2. The number of nitrogens with zero attached hydrogens (tertiary/aromatic N) is 10. The molecule has 0 saturated heterocycles. The van der Waals surface area contributed by atoms with Gasteiger partial charge in [0.25, 0.3) is 18.2 Å². The number of hydrogen-bond donors (Lipinski definition) is 4. The highest BCUT2D eigenvalue weighted by Gasteiger charge is 2.25. The summed E-state index contributed by atoms with van der Waals surface area (Å²) in [6.07, 6.45) is 7.21. The Labute approximate surface area is 333 Å². The van der Waals surface area contributed by atoms with E-state index in [1.54, 1.807) is 31.7 Å². The zero-order valence-corrected chi connectivity index (χ0v) is 31.4. The molecule has 8 rings (SSSR count). The molecule has 0 spiro atoms. The van der Waals surface area contributed by atoms with Crippen molar-refractivity contribution in [3.05, 3.63) is 143 Å². The van der Waals surface area contributed by atoms with Crippen LogP contribution in [0.25, 0.3) is 33.4 Å². The van der Waals surface area contributed by atoms with Gasteiger partial charge >= 0.3 is 0 Å². The molecule has 0 atom stereocenters. The third-order valence-electron chi connectivity index (χ3n) is 8.78. The minimum atomic E-state index is -2.97. The fourth-order valence-corrected chi connectivity index (χ4v) is 6.00. The van der Waals surface area contributed by atoms with Crippen molar-refractivity contribution in [3.8, 4) is 11.6 Å². The fraction of sp³-hybridized carbons (Fsp3) is 0.125. The van der Waals surface area contributed by atoms with Gasteiger partial charge in [-0.2, -0.15) is 10.2 Å². The molecular weight excluding hydrogens is 763 g/mol. The predicted molar refractivity (Wildman–Crippen MR) is 213 cm³/mol. The Hall–Kier alpha value is -8.09. The van der Waals surface area contributed by atoms with Crippen LogP contribution < -0.4 is 22.1 Å². The second-order valence-electron chi connectivity index (χ2n) is 13.0. The summed E-state index contributed by atoms with van der Waals surface area (Å²) in [5, 5.41) is 15.4. The van der Waals surface area contributed by atoms with Gasteiger partial charge in [0.1, 0.15) is 5.69 Å². The van der Waals surface area contributed by atoms with Crippen LogP contribution in [0.3, 0.4) is 0 Å². The standard InChI is InChI=1S/C20H17F2N7O.C20H17N7O2/c1-11-8-26-29(10-11)19-15(17(21)22)27-16(18(23)28-19)20(30)25-9-13-5-2-4-12-6-3-7-24-14(12)13;1-12-8-24-27(10-12)19-15(11-28)25-17(18(21)26-19)20(29)23-9-14-5-2-4-13-6-3-7-22-16(13)14/h2-8,10,17H,9H2,1H3,(H2,23,28)(H,25,30);2-8,10-11H,9H2,1H3,(H2,21,26)(H,23,29). The first-order valence-electron chi connectivity index (χ1n) is 17.8. The molecule has 6 aromatic heterocycles. The lowest BCUT2D eigenvalue weighted by Crippen LogP contribution is -2.27. The van der Waals surface area contributed by atoms with Crippen molar-refractivity contribution in [1.82, 2.24) is 60.1 Å². The summed E-state index contributed by atoms with van der Waals surface area (Å²) in [4.78, 5) is 61.5. The number of halogens is 2. The van der Waals surface area contributed by atoms with Crippen molar-refractivity contribution < 1.29 is 23.2 Å². The fourth-order valence-electron chi connectivity index (χ4n) is 6.00. The third kappa shape index (κ3) is 8.53. The maximum Gasteiger partial charge on any atom is 0.284 e. The SMILES string of the molecule is Cc1cnn(-c2nc(N)c(C(=O)NCc3cccc4cccnc34)nc2C(F)F)c1.Cc1cnn(-c2nc(N)c(C(=O)NCc3cccc4cccnc34)nc2C=O)c1. The highest BCUT2D eigenvalue weighted by atomic mass is 19.3. The summed E-state index contributed by atoms with van der Waals surface area (Å²) in [7, 11) is 0. The van der Waals surface area contributed by atoms with Gasteiger partial charge in [0.2, 0.25) is 0 Å². The molecule has 17 nitrogen and oxygen atoms in total. The smallest absolute Gasteiger partial charge is 0.284 e. The topological polar surface area (TPSA) is 240 Å². The molecule has 0 bridgehead atoms. The van der Waals surface area contributed by atoms with Gasteiger partial charge < -0.3 is 22.1 Å². The molecule has 0 aliphatic carbocycles. The van der Waals surface area contributed by atoms with Crippen LogP contribution in [0.5, 0.6) is 0 Å². The van der Waals surface area contributed by atoms with E-state index in [0.29, 0.717) is 6.29 Å². The van der Waals surface area contributed by atoms with Crippen LogP contribution in [0.15, 0.2) is 97.8 Å². The molecule has 59 heavy (non-hydrogen) atoms. The first-order chi connectivity index (χ1) is 28.5. The Balaban J connectivity index is 0.000000179. The van der Waals surface area contributed by atoms with Gasteiger partial charge in [0, 0.05) is 48.6 Å². The number of aromatic nitrogens is 10. The number of amides is 2. The summed E-state index contributed by atoms with van der Waals surface area (Å²) in [5.74, 6) is -1.65. The molecule has 19 heteroatoms. The number of nitrogens with two attached hydrogens (primary N) is 2. The van der Waals surface area contributed by atoms with E-state index in [0.717, 1.165) is 48.7 Å². The van der Waals surface area contributed by atoms with Gasteiger partial charge in [-0.1, -0.05) is 48.5 Å². The number of rotatable bonds is 10. The molecule has 0 saturated carbocycles. The number of aldehydes is 1. The molecule has 6 N–H and O–H groups in total. The van der Waals surface area contributed by atoms with E-state index in [-0.39, 0.29) is 53.4 Å². The van der Waals surface area contributed by atoms with Crippen LogP contribution >= 0.6 is 0 Å². The molecule has 6 heterocycles. The Morgan fingerprint density at radius 1 is 0.695 bits per heavy atom. The van der Waals surface area contributed by atoms with E-state index in [9.17, 15) is 23.2 Å². The average molecular weight is 797 g/mol. The summed E-state index contributed by atoms with van der Waals surface area (Å²) in [5.41, 5.74) is 15.4. The number of benzene rings is 2. The Bertz CT molecular complexity index is 2850. The summed E-state index contributed by atoms with van der Waals surface area (Å²) < 4.78 is 29.7. The Morgan fingerprint density at radius 3 is 1.64 bits per heavy atom. The molecule has 0 fully saturated rings. The van der Waals surface area contributed by atoms with Crippen LogP contribution in [0.1, 0.15) is 65.8 Å². The number of hydrogen-bond acceptors (Lipinski definition) is 13. The first-order valence-corrected chi connectivity index (χ1v) is 17.8. The number of pyridine rings is 2. The second-order valence-corrected chi connectivity index (χ2v) is 13.0. The molecular formula is C40H34F2N14O3. The van der Waals surface area contributed by atoms with Crippen LogP contribution in [-0.4, -0.2) is 67.6 Å². The maximum absolute atomic E-state index is 13.6. The van der Waals surface area contributed by atoms with Crippen molar-refractivity contribution >= 4 is 51.5 Å². The summed E-state index contributed by atoms with van der Waals surface area (Å²) in [6, 6.07) is 18.8. The van der Waals surface area contributed by atoms with Gasteiger partial charge in [0.05, 0.1) is 23.4 Å². The molecule has 0 aliphatic rings. The number of para-hydroxylation sites is 2. The predicted octanol–water partition coefficient (Wildman–Crippen LogP) is 4.81. The lowest BCUT2D eigenvalue weighted by atomic mass is 10.1. The average Bonchev–Trinajstić information content (AvgIpc) is 3.89. The molecule has 0 aliphatic heterocycles. The minimum absolute atomic E-state index is 0.0284. The van der Waals surface area contributed by atoms with Gasteiger partial charge in [-0.15, -0.1) is 0 Å². The van der Waals surface area contributed by atoms with Crippen molar-refractivity contribution in [2.24, 2.45) is 0 Å². The Kier molecular flexibility index (Phi) is 11.3. The molecule has 0 unspecified atom stereocenters. The third-order valence-corrected chi connectivity index (χ3v) is 8.78. The van der Waals surface area contributed by atoms with E-state index < -0.39 is 23.9 Å². The molecule has 8 aromatic rings. The highest BCUT2D eigenvalue weighted by Crippen LogP contribution is 2.25. The number of aryl methyl sites for hydroxylation is 2.